The SMILES string of the molecule is C=CC=COC(=O)CCC(=O)OC=CC=C. The van der Waals surface area contributed by atoms with E-state index in [0.717, 1.165) is 0 Å². The molecule has 0 aromatic carbocycles. The highest BCUT2D eigenvalue weighted by molar-refractivity contribution is 5.78. The molecule has 0 amide bonds. The number of carbonyl (C=O) groups is 2. The topological polar surface area (TPSA) is 52.6 Å². The molecule has 0 heterocycles. The summed E-state index contributed by atoms with van der Waals surface area (Å²) < 4.78 is 9.25. The van der Waals surface area contributed by atoms with Crippen molar-refractivity contribution >= 4 is 11.9 Å². The molecule has 0 bridgehead atoms. The Morgan fingerprint density at radius 2 is 1.25 bits per heavy atom. The van der Waals surface area contributed by atoms with Crippen molar-refractivity contribution in [2.24, 2.45) is 0 Å². The van der Waals surface area contributed by atoms with Gasteiger partial charge in [0, 0.05) is 0 Å². The molecule has 16 heavy (non-hydrogen) atoms. The second kappa shape index (κ2) is 9.45. The predicted molar refractivity (Wildman–Crippen MR) is 60.1 cm³/mol. The third kappa shape index (κ3) is 8.50. The Kier molecular flexibility index (Phi) is 8.21. The smallest absolute Gasteiger partial charge is 0.311 e. The first kappa shape index (κ1) is 13.9. The van der Waals surface area contributed by atoms with Gasteiger partial charge in [0.1, 0.15) is 0 Å². The standard InChI is InChI=1S/C12H14O4/c1-3-5-9-15-11(13)7-8-12(14)16-10-6-4-2/h3-6,9-10H,1-2,7-8H2. The molecule has 0 saturated carbocycles. The molecule has 0 aliphatic heterocycles. The number of ether oxygens (including phenoxy) is 2. The minimum Gasteiger partial charge on any atom is -0.434 e. The van der Waals surface area contributed by atoms with Crippen molar-refractivity contribution in [3.05, 3.63) is 50.0 Å². The number of hydrogen-bond acceptors (Lipinski definition) is 4. The van der Waals surface area contributed by atoms with Crippen molar-refractivity contribution in [3.63, 3.8) is 0 Å². The van der Waals surface area contributed by atoms with Gasteiger partial charge in [0.2, 0.25) is 0 Å². The van der Waals surface area contributed by atoms with Crippen LogP contribution in [-0.2, 0) is 19.1 Å². The lowest BCUT2D eigenvalue weighted by atomic mass is 10.3. The van der Waals surface area contributed by atoms with Crippen LogP contribution in [0.5, 0.6) is 0 Å². The molecule has 0 atom stereocenters. The van der Waals surface area contributed by atoms with Crippen molar-refractivity contribution in [1.29, 1.82) is 0 Å². The maximum absolute atomic E-state index is 11.0. The van der Waals surface area contributed by atoms with Crippen LogP contribution in [0, 0.1) is 0 Å². The molecule has 0 unspecified atom stereocenters. The quantitative estimate of drug-likeness (QED) is 0.376. The molecular formula is C12H14O4. The van der Waals surface area contributed by atoms with E-state index in [2.05, 4.69) is 22.6 Å². The summed E-state index contributed by atoms with van der Waals surface area (Å²) in [4.78, 5) is 22.0. The average Bonchev–Trinajstić information content (AvgIpc) is 2.27. The Morgan fingerprint density at radius 1 is 0.875 bits per heavy atom. The van der Waals surface area contributed by atoms with Crippen molar-refractivity contribution in [2.45, 2.75) is 12.8 Å². The predicted octanol–water partition coefficient (Wildman–Crippen LogP) is 2.25. The number of allylic oxidation sites excluding steroid dienone is 4. The van der Waals surface area contributed by atoms with Gasteiger partial charge in [-0.2, -0.15) is 0 Å². The van der Waals surface area contributed by atoms with Crippen LogP contribution in [-0.4, -0.2) is 11.9 Å². The molecule has 0 rings (SSSR count). The summed E-state index contributed by atoms with van der Waals surface area (Å²) >= 11 is 0. The minimum absolute atomic E-state index is 0.0256. The normalized spacial score (nSPS) is 10.2. The molecule has 4 nitrogen and oxygen atoms in total. The first-order valence-electron chi connectivity index (χ1n) is 4.64. The van der Waals surface area contributed by atoms with E-state index in [1.807, 2.05) is 0 Å². The van der Waals surface area contributed by atoms with E-state index in [9.17, 15) is 9.59 Å². The Morgan fingerprint density at radius 3 is 1.56 bits per heavy atom. The third-order valence-corrected chi connectivity index (χ3v) is 1.36. The highest BCUT2D eigenvalue weighted by Gasteiger charge is 2.06. The van der Waals surface area contributed by atoms with Gasteiger partial charge in [-0.1, -0.05) is 25.3 Å². The van der Waals surface area contributed by atoms with E-state index >= 15 is 0 Å². The van der Waals surface area contributed by atoms with Crippen molar-refractivity contribution in [2.75, 3.05) is 0 Å². The van der Waals surface area contributed by atoms with Crippen LogP contribution >= 0.6 is 0 Å². The van der Waals surface area contributed by atoms with E-state index in [0.29, 0.717) is 0 Å². The fraction of sp³-hybridized carbons (Fsp3) is 0.167. The van der Waals surface area contributed by atoms with Gasteiger partial charge in [0.25, 0.3) is 0 Å². The molecule has 0 aromatic heterocycles. The molecule has 0 aliphatic carbocycles. The zero-order chi connectivity index (χ0) is 12.2. The zero-order valence-electron chi connectivity index (χ0n) is 8.93. The van der Waals surface area contributed by atoms with E-state index in [1.165, 1.54) is 36.8 Å². The summed E-state index contributed by atoms with van der Waals surface area (Å²) in [6.07, 6.45) is 8.26. The van der Waals surface area contributed by atoms with E-state index in [1.54, 1.807) is 0 Å². The van der Waals surface area contributed by atoms with Crippen LogP contribution in [0.25, 0.3) is 0 Å². The Bertz CT molecular complexity index is 281. The van der Waals surface area contributed by atoms with Gasteiger partial charge in [0.05, 0.1) is 25.4 Å². The monoisotopic (exact) mass is 222 g/mol. The molecule has 86 valence electrons. The highest BCUT2D eigenvalue weighted by atomic mass is 16.5. The van der Waals surface area contributed by atoms with Gasteiger partial charge >= 0.3 is 11.9 Å². The maximum Gasteiger partial charge on any atom is 0.311 e. The second-order valence-electron chi connectivity index (χ2n) is 2.61. The molecule has 0 radical (unpaired) electrons. The number of esters is 2. The first-order valence-corrected chi connectivity index (χ1v) is 4.64. The van der Waals surface area contributed by atoms with Crippen LogP contribution in [0.2, 0.25) is 0 Å². The van der Waals surface area contributed by atoms with Crippen molar-refractivity contribution in [1.82, 2.24) is 0 Å². The lowest BCUT2D eigenvalue weighted by Gasteiger charge is -1.98. The summed E-state index contributed by atoms with van der Waals surface area (Å²) in [5.74, 6) is -0.995. The van der Waals surface area contributed by atoms with Crippen LogP contribution in [0.15, 0.2) is 50.0 Å². The fourth-order valence-electron chi connectivity index (χ4n) is 0.663. The first-order chi connectivity index (χ1) is 7.70. The lowest BCUT2D eigenvalue weighted by Crippen LogP contribution is -2.06. The molecule has 0 spiro atoms. The number of hydrogen-bond donors (Lipinski definition) is 0. The lowest BCUT2D eigenvalue weighted by molar-refractivity contribution is -0.144. The maximum atomic E-state index is 11.0. The average molecular weight is 222 g/mol. The Hall–Kier alpha value is -2.10. The molecular weight excluding hydrogens is 208 g/mol. The van der Waals surface area contributed by atoms with Gasteiger partial charge in [-0.3, -0.25) is 9.59 Å². The molecule has 0 aliphatic rings. The van der Waals surface area contributed by atoms with Gasteiger partial charge in [-0.25, -0.2) is 0 Å². The number of rotatable bonds is 7. The van der Waals surface area contributed by atoms with Gasteiger partial charge < -0.3 is 9.47 Å². The van der Waals surface area contributed by atoms with Crippen LogP contribution < -0.4 is 0 Å². The van der Waals surface area contributed by atoms with Crippen LogP contribution in [0.4, 0.5) is 0 Å². The van der Waals surface area contributed by atoms with Crippen LogP contribution in [0.3, 0.4) is 0 Å². The summed E-state index contributed by atoms with van der Waals surface area (Å²) in [6.45, 7) is 6.81. The minimum atomic E-state index is -0.497. The van der Waals surface area contributed by atoms with E-state index in [-0.39, 0.29) is 12.8 Å². The third-order valence-electron chi connectivity index (χ3n) is 1.36. The van der Waals surface area contributed by atoms with Gasteiger partial charge in [0.15, 0.2) is 0 Å². The summed E-state index contributed by atoms with van der Waals surface area (Å²) in [6, 6.07) is 0. The molecule has 0 N–H and O–H groups in total. The Labute approximate surface area is 94.5 Å². The van der Waals surface area contributed by atoms with Crippen molar-refractivity contribution in [3.8, 4) is 0 Å². The van der Waals surface area contributed by atoms with E-state index < -0.39 is 11.9 Å². The van der Waals surface area contributed by atoms with Crippen LogP contribution in [0.1, 0.15) is 12.8 Å². The summed E-state index contributed by atoms with van der Waals surface area (Å²) in [5.41, 5.74) is 0. The van der Waals surface area contributed by atoms with E-state index in [4.69, 9.17) is 0 Å². The zero-order valence-corrected chi connectivity index (χ0v) is 8.93. The summed E-state index contributed by atoms with van der Waals surface area (Å²) in [5, 5.41) is 0. The fourth-order valence-corrected chi connectivity index (χ4v) is 0.663. The molecule has 0 aromatic rings. The van der Waals surface area contributed by atoms with Crippen molar-refractivity contribution < 1.29 is 19.1 Å². The molecule has 0 saturated heterocycles. The molecule has 4 heteroatoms. The Balaban J connectivity index is 3.70. The molecule has 0 fully saturated rings. The largest absolute Gasteiger partial charge is 0.434 e. The van der Waals surface area contributed by atoms with Gasteiger partial charge in [-0.05, 0) is 12.2 Å². The van der Waals surface area contributed by atoms with Gasteiger partial charge in [-0.15, -0.1) is 0 Å². The summed E-state index contributed by atoms with van der Waals surface area (Å²) in [7, 11) is 0. The second-order valence-corrected chi connectivity index (χ2v) is 2.61. The number of carbonyl (C=O) groups excluding carboxylic acids is 2. The highest BCUT2D eigenvalue weighted by Crippen LogP contribution is 1.97.